The van der Waals surface area contributed by atoms with E-state index in [0.29, 0.717) is 22.2 Å². The molecule has 0 radical (unpaired) electrons. The largest absolute Gasteiger partial charge is 0.485 e. The van der Waals surface area contributed by atoms with E-state index >= 15 is 0 Å². The fraction of sp³-hybridized carbons (Fsp3) is 0.375. The quantitative estimate of drug-likeness (QED) is 0.791. The molecule has 0 saturated carbocycles. The molecule has 1 unspecified atom stereocenters. The average molecular weight is 258 g/mol. The van der Waals surface area contributed by atoms with Gasteiger partial charge in [0.05, 0.1) is 10.4 Å². The highest BCUT2D eigenvalue weighted by molar-refractivity contribution is 6.41. The number of carboxylic acids is 1. The van der Waals surface area contributed by atoms with Gasteiger partial charge in [-0.15, -0.1) is 11.6 Å². The van der Waals surface area contributed by atoms with Crippen LogP contribution in [0, 0.1) is 0 Å². The number of hydrogen-bond donors (Lipinski definition) is 1. The summed E-state index contributed by atoms with van der Waals surface area (Å²) < 4.78 is 4.93. The van der Waals surface area contributed by atoms with Gasteiger partial charge in [0.25, 0.3) is 0 Å². The molecule has 0 spiro atoms. The van der Waals surface area contributed by atoms with Gasteiger partial charge in [-0.05, 0) is 6.08 Å². The number of halogens is 3. The summed E-state index contributed by atoms with van der Waals surface area (Å²) >= 11 is 17.3. The molecule has 14 heavy (non-hydrogen) atoms. The van der Waals surface area contributed by atoms with Crippen molar-refractivity contribution >= 4 is 40.8 Å². The van der Waals surface area contributed by atoms with Crippen LogP contribution >= 0.6 is 34.8 Å². The maximum absolute atomic E-state index is 10.2. The van der Waals surface area contributed by atoms with E-state index in [1.54, 1.807) is 0 Å². The van der Waals surface area contributed by atoms with E-state index < -0.39 is 18.0 Å². The monoisotopic (exact) mass is 256 g/mol. The van der Waals surface area contributed by atoms with E-state index in [2.05, 4.69) is 0 Å². The van der Waals surface area contributed by atoms with E-state index in [4.69, 9.17) is 44.6 Å². The number of alkyl halides is 1. The first-order valence-electron chi connectivity index (χ1n) is 3.75. The Kier molecular flexibility index (Phi) is 4.11. The Morgan fingerprint density at radius 2 is 2.29 bits per heavy atom. The second-order valence-corrected chi connectivity index (χ2v) is 4.04. The molecular formula is C8H7Cl3O3. The Hall–Kier alpha value is -0.380. The van der Waals surface area contributed by atoms with E-state index in [0.717, 1.165) is 0 Å². The predicted octanol–water partition coefficient (Wildman–Crippen LogP) is 2.67. The maximum atomic E-state index is 10.2. The minimum atomic E-state index is -1.06. The van der Waals surface area contributed by atoms with E-state index in [1.165, 1.54) is 6.08 Å². The second-order valence-electron chi connectivity index (χ2n) is 2.65. The van der Waals surface area contributed by atoms with Crippen LogP contribution in [-0.2, 0) is 9.53 Å². The first kappa shape index (κ1) is 11.7. The molecule has 0 aromatic rings. The Bertz CT molecular complexity index is 309. The third kappa shape index (κ3) is 3.08. The predicted molar refractivity (Wildman–Crippen MR) is 54.7 cm³/mol. The Balaban J connectivity index is 2.67. The Morgan fingerprint density at radius 3 is 2.86 bits per heavy atom. The highest BCUT2D eigenvalue weighted by Gasteiger charge is 2.21. The third-order valence-corrected chi connectivity index (χ3v) is 2.72. The van der Waals surface area contributed by atoms with Crippen molar-refractivity contribution in [1.82, 2.24) is 0 Å². The van der Waals surface area contributed by atoms with Crippen LogP contribution in [0.15, 0.2) is 21.9 Å². The molecule has 6 heteroatoms. The zero-order valence-electron chi connectivity index (χ0n) is 6.97. The summed E-state index contributed by atoms with van der Waals surface area (Å²) in [6.07, 6.45) is 1.79. The molecule has 0 aliphatic heterocycles. The van der Waals surface area contributed by atoms with Crippen molar-refractivity contribution in [1.29, 1.82) is 0 Å². The van der Waals surface area contributed by atoms with E-state index in [-0.39, 0.29) is 0 Å². The minimum Gasteiger partial charge on any atom is -0.485 e. The van der Waals surface area contributed by atoms with Gasteiger partial charge in [0.2, 0.25) is 0 Å². The molecule has 0 aromatic heterocycles. The summed E-state index contributed by atoms with van der Waals surface area (Å²) in [5.41, 5.74) is 0. The fourth-order valence-electron chi connectivity index (χ4n) is 0.926. The van der Waals surface area contributed by atoms with Crippen LogP contribution in [0.3, 0.4) is 0 Å². The average Bonchev–Trinajstić information content (AvgIpc) is 2.09. The van der Waals surface area contributed by atoms with Crippen LogP contribution in [0.1, 0.15) is 6.42 Å². The smallest absolute Gasteiger partial charge is 0.341 e. The van der Waals surface area contributed by atoms with Crippen molar-refractivity contribution in [2.75, 3.05) is 6.61 Å². The lowest BCUT2D eigenvalue weighted by atomic mass is 10.1. The molecule has 0 heterocycles. The third-order valence-electron chi connectivity index (χ3n) is 1.56. The molecule has 0 bridgehead atoms. The summed E-state index contributed by atoms with van der Waals surface area (Å²) in [7, 11) is 0. The molecule has 0 aromatic carbocycles. The van der Waals surface area contributed by atoms with E-state index in [1.807, 2.05) is 0 Å². The van der Waals surface area contributed by atoms with Crippen molar-refractivity contribution < 1.29 is 14.6 Å². The van der Waals surface area contributed by atoms with Crippen molar-refractivity contribution in [3.63, 3.8) is 0 Å². The summed E-state index contributed by atoms with van der Waals surface area (Å²) in [6.45, 7) is -0.434. The summed E-state index contributed by atoms with van der Waals surface area (Å²) in [4.78, 5) is 10.2. The van der Waals surface area contributed by atoms with Crippen LogP contribution in [0.25, 0.3) is 0 Å². The molecular weight excluding hydrogens is 250 g/mol. The first-order chi connectivity index (χ1) is 6.50. The van der Waals surface area contributed by atoms with Crippen molar-refractivity contribution in [2.24, 2.45) is 0 Å². The number of carbonyl (C=O) groups is 1. The molecule has 1 N–H and O–H groups in total. The SMILES string of the molecule is O=C(O)COC1=CC(Cl)=C(Cl)CC1Cl. The minimum absolute atomic E-state index is 0.337. The number of rotatable bonds is 3. The lowest BCUT2D eigenvalue weighted by molar-refractivity contribution is -0.140. The number of aliphatic carboxylic acids is 1. The molecule has 1 atom stereocenters. The van der Waals surface area contributed by atoms with Crippen molar-refractivity contribution in [3.8, 4) is 0 Å². The van der Waals surface area contributed by atoms with Gasteiger partial charge in [-0.2, -0.15) is 0 Å². The summed E-state index contributed by atoms with van der Waals surface area (Å²) in [6, 6.07) is 0. The normalized spacial score (nSPS) is 21.9. The lowest BCUT2D eigenvalue weighted by Crippen LogP contribution is -2.15. The van der Waals surface area contributed by atoms with Gasteiger partial charge in [0, 0.05) is 11.5 Å². The first-order valence-corrected chi connectivity index (χ1v) is 4.94. The molecule has 78 valence electrons. The second kappa shape index (κ2) is 4.91. The molecule has 0 amide bonds. The number of hydrogen-bond acceptors (Lipinski definition) is 2. The molecule has 3 nitrogen and oxygen atoms in total. The molecule has 1 rings (SSSR count). The highest BCUT2D eigenvalue weighted by atomic mass is 35.5. The van der Waals surface area contributed by atoms with Gasteiger partial charge >= 0.3 is 5.97 Å². The Morgan fingerprint density at radius 1 is 1.64 bits per heavy atom. The molecule has 0 saturated heterocycles. The van der Waals surface area contributed by atoms with Crippen molar-refractivity contribution in [2.45, 2.75) is 11.8 Å². The standard InChI is InChI=1S/C8H7Cl3O3/c9-4-1-6(11)7(2-5(4)10)14-3-8(12)13/h2,6H,1,3H2,(H,12,13). The zero-order valence-corrected chi connectivity index (χ0v) is 9.23. The number of carboxylic acid groups (broad SMARTS) is 1. The van der Waals surface area contributed by atoms with Crippen LogP contribution in [0.5, 0.6) is 0 Å². The highest BCUT2D eigenvalue weighted by Crippen LogP contribution is 2.32. The van der Waals surface area contributed by atoms with Gasteiger partial charge in [-0.1, -0.05) is 23.2 Å². The number of ether oxygens (including phenoxy) is 1. The summed E-state index contributed by atoms with van der Waals surface area (Å²) in [5, 5.41) is 8.72. The maximum Gasteiger partial charge on any atom is 0.341 e. The van der Waals surface area contributed by atoms with Crippen LogP contribution in [0.4, 0.5) is 0 Å². The van der Waals surface area contributed by atoms with Gasteiger partial charge < -0.3 is 9.84 Å². The van der Waals surface area contributed by atoms with Gasteiger partial charge in [0.1, 0.15) is 5.76 Å². The molecule has 0 fully saturated rings. The zero-order chi connectivity index (χ0) is 10.7. The topological polar surface area (TPSA) is 46.5 Å². The van der Waals surface area contributed by atoms with Gasteiger partial charge in [-0.25, -0.2) is 4.79 Å². The van der Waals surface area contributed by atoms with Gasteiger partial charge in [0.15, 0.2) is 6.61 Å². The fourth-order valence-corrected chi connectivity index (χ4v) is 1.68. The van der Waals surface area contributed by atoms with Crippen LogP contribution in [-0.4, -0.2) is 23.1 Å². The van der Waals surface area contributed by atoms with Gasteiger partial charge in [-0.3, -0.25) is 0 Å². The van der Waals surface area contributed by atoms with E-state index in [9.17, 15) is 4.79 Å². The Labute approximate surface area is 95.9 Å². The summed E-state index contributed by atoms with van der Waals surface area (Å²) in [5.74, 6) is -0.727. The van der Waals surface area contributed by atoms with Crippen LogP contribution < -0.4 is 0 Å². The molecule has 1 aliphatic rings. The van der Waals surface area contributed by atoms with Crippen LogP contribution in [0.2, 0.25) is 0 Å². The molecule has 1 aliphatic carbocycles. The van der Waals surface area contributed by atoms with Crippen molar-refractivity contribution in [3.05, 3.63) is 21.9 Å². The number of allylic oxidation sites excluding steroid dienone is 4. The lowest BCUT2D eigenvalue weighted by Gasteiger charge is -2.18.